The van der Waals surface area contributed by atoms with Gasteiger partial charge in [0.2, 0.25) is 0 Å². The smallest absolute Gasteiger partial charge is 0.371 e. The molecular formula is C15H15F4N3O. The Hall–Kier alpha value is -1.93. The summed E-state index contributed by atoms with van der Waals surface area (Å²) >= 11 is 0. The zero-order chi connectivity index (χ0) is 16.4. The van der Waals surface area contributed by atoms with Crippen LogP contribution in [-0.2, 0) is 4.74 Å². The molecule has 23 heavy (non-hydrogen) atoms. The molecule has 1 aromatic carbocycles. The first-order chi connectivity index (χ1) is 11.0. The average Bonchev–Trinajstić information content (AvgIpc) is 2.55. The van der Waals surface area contributed by atoms with Gasteiger partial charge in [0.1, 0.15) is 11.5 Å². The summed E-state index contributed by atoms with van der Waals surface area (Å²) in [5, 5.41) is 3.09. The Balaban J connectivity index is 1.87. The molecule has 0 amide bonds. The molecule has 1 N–H and O–H groups in total. The number of alkyl halides is 3. The van der Waals surface area contributed by atoms with Crippen LogP contribution >= 0.6 is 0 Å². The van der Waals surface area contributed by atoms with Gasteiger partial charge in [-0.25, -0.2) is 4.39 Å². The number of ether oxygens (including phenoxy) is 1. The molecule has 0 bridgehead atoms. The number of halogens is 4. The molecule has 0 radical (unpaired) electrons. The fraction of sp³-hybridized carbons (Fsp3) is 0.400. The molecule has 0 saturated carbocycles. The lowest BCUT2D eigenvalue weighted by Gasteiger charge is -2.30. The topological polar surface area (TPSA) is 36.9 Å². The molecule has 2 aliphatic heterocycles. The predicted molar refractivity (Wildman–Crippen MR) is 77.9 cm³/mol. The van der Waals surface area contributed by atoms with Crippen molar-refractivity contribution < 1.29 is 22.3 Å². The highest BCUT2D eigenvalue weighted by Gasteiger charge is 2.39. The van der Waals surface area contributed by atoms with Gasteiger partial charge in [0.25, 0.3) is 0 Å². The van der Waals surface area contributed by atoms with E-state index in [0.717, 1.165) is 17.2 Å². The number of hydrogen-bond acceptors (Lipinski definition) is 4. The highest BCUT2D eigenvalue weighted by Crippen LogP contribution is 2.34. The number of allylic oxidation sites excluding steroid dienone is 1. The standard InChI is InChI=1S/C15H15F4N3O/c16-12-7-10(1-2-11(12)13-8-21-4-6-23-13)22-5-3-20-9-14(22)15(17,18)19/h1-3,7,9,13,21H,4-6,8H2/t13-/m0/s1. The number of rotatable bonds is 2. The molecule has 1 saturated heterocycles. The number of aliphatic imine (C=N–C) groups is 1. The molecule has 3 rings (SSSR count). The van der Waals surface area contributed by atoms with Crippen molar-refractivity contribution in [2.24, 2.45) is 4.99 Å². The van der Waals surface area contributed by atoms with E-state index in [-0.39, 0.29) is 12.2 Å². The van der Waals surface area contributed by atoms with E-state index >= 15 is 0 Å². The summed E-state index contributed by atoms with van der Waals surface area (Å²) in [4.78, 5) is 4.53. The van der Waals surface area contributed by atoms with Gasteiger partial charge in [-0.15, -0.1) is 0 Å². The first-order valence-corrected chi connectivity index (χ1v) is 7.15. The van der Waals surface area contributed by atoms with Crippen LogP contribution in [0.4, 0.5) is 23.2 Å². The van der Waals surface area contributed by atoms with Gasteiger partial charge < -0.3 is 15.0 Å². The van der Waals surface area contributed by atoms with Crippen LogP contribution in [0.5, 0.6) is 0 Å². The number of nitrogens with zero attached hydrogens (tertiary/aromatic N) is 2. The van der Waals surface area contributed by atoms with Gasteiger partial charge in [-0.1, -0.05) is 6.07 Å². The minimum absolute atomic E-state index is 0.0639. The van der Waals surface area contributed by atoms with Gasteiger partial charge in [-0.2, -0.15) is 13.2 Å². The Kier molecular flexibility index (Phi) is 4.36. The summed E-state index contributed by atoms with van der Waals surface area (Å²) in [5.41, 5.74) is -0.448. The third-order valence-corrected chi connectivity index (χ3v) is 3.72. The van der Waals surface area contributed by atoms with Crippen molar-refractivity contribution in [2.75, 3.05) is 31.1 Å². The molecule has 4 nitrogen and oxygen atoms in total. The van der Waals surface area contributed by atoms with Crippen LogP contribution < -0.4 is 10.2 Å². The lowest BCUT2D eigenvalue weighted by Crippen LogP contribution is -2.35. The van der Waals surface area contributed by atoms with Gasteiger partial charge in [0.05, 0.1) is 25.5 Å². The van der Waals surface area contributed by atoms with E-state index < -0.39 is 23.8 Å². The Morgan fingerprint density at radius 3 is 2.78 bits per heavy atom. The van der Waals surface area contributed by atoms with Gasteiger partial charge >= 0.3 is 6.18 Å². The number of anilines is 1. The molecule has 2 heterocycles. The Morgan fingerprint density at radius 1 is 1.30 bits per heavy atom. The van der Waals surface area contributed by atoms with E-state index in [1.54, 1.807) is 0 Å². The lowest BCUT2D eigenvalue weighted by atomic mass is 10.1. The third kappa shape index (κ3) is 3.37. The van der Waals surface area contributed by atoms with Crippen molar-refractivity contribution in [2.45, 2.75) is 12.3 Å². The summed E-state index contributed by atoms with van der Waals surface area (Å²) < 4.78 is 58.9. The predicted octanol–water partition coefficient (Wildman–Crippen LogP) is 2.78. The molecular weight excluding hydrogens is 314 g/mol. The van der Waals surface area contributed by atoms with Crippen molar-refractivity contribution in [1.29, 1.82) is 0 Å². The Morgan fingerprint density at radius 2 is 2.13 bits per heavy atom. The van der Waals surface area contributed by atoms with Crippen LogP contribution in [-0.4, -0.2) is 38.6 Å². The fourth-order valence-corrected chi connectivity index (χ4v) is 2.60. The summed E-state index contributed by atoms with van der Waals surface area (Å²) in [6.45, 7) is 1.57. The van der Waals surface area contributed by atoms with E-state index in [9.17, 15) is 17.6 Å². The molecule has 0 unspecified atom stereocenters. The van der Waals surface area contributed by atoms with Crippen LogP contribution in [0.15, 0.2) is 35.1 Å². The maximum absolute atomic E-state index is 14.3. The monoisotopic (exact) mass is 329 g/mol. The van der Waals surface area contributed by atoms with Crippen LogP contribution in [0.3, 0.4) is 0 Å². The number of morpholine rings is 1. The summed E-state index contributed by atoms with van der Waals surface area (Å²) in [6.07, 6.45) is -2.90. The zero-order valence-corrected chi connectivity index (χ0v) is 12.1. The fourth-order valence-electron chi connectivity index (χ4n) is 2.60. The summed E-state index contributed by atoms with van der Waals surface area (Å²) in [7, 11) is 0. The molecule has 124 valence electrons. The van der Waals surface area contributed by atoms with Gasteiger partial charge in [0, 0.05) is 30.6 Å². The van der Waals surface area contributed by atoms with Crippen LogP contribution in [0.25, 0.3) is 0 Å². The van der Waals surface area contributed by atoms with Crippen molar-refractivity contribution in [3.8, 4) is 0 Å². The average molecular weight is 329 g/mol. The Labute approximate surface area is 130 Å². The van der Waals surface area contributed by atoms with Crippen LogP contribution in [0.1, 0.15) is 11.7 Å². The first-order valence-electron chi connectivity index (χ1n) is 7.15. The normalized spacial score (nSPS) is 22.2. The second-order valence-corrected chi connectivity index (χ2v) is 5.22. The van der Waals surface area contributed by atoms with Gasteiger partial charge in [0.15, 0.2) is 0 Å². The van der Waals surface area contributed by atoms with Crippen molar-refractivity contribution in [3.05, 3.63) is 41.5 Å². The lowest BCUT2D eigenvalue weighted by molar-refractivity contribution is -0.0934. The molecule has 0 spiro atoms. The maximum atomic E-state index is 14.3. The zero-order valence-electron chi connectivity index (χ0n) is 12.1. The maximum Gasteiger partial charge on any atom is 0.432 e. The third-order valence-electron chi connectivity index (χ3n) is 3.72. The van der Waals surface area contributed by atoms with E-state index in [1.807, 2.05) is 0 Å². The summed E-state index contributed by atoms with van der Waals surface area (Å²) in [5.74, 6) is -0.583. The highest BCUT2D eigenvalue weighted by atomic mass is 19.4. The second-order valence-electron chi connectivity index (χ2n) is 5.22. The van der Waals surface area contributed by atoms with Gasteiger partial charge in [-0.3, -0.25) is 4.99 Å². The van der Waals surface area contributed by atoms with Crippen molar-refractivity contribution in [1.82, 2.24) is 5.32 Å². The molecule has 0 aromatic heterocycles. The van der Waals surface area contributed by atoms with Gasteiger partial charge in [-0.05, 0) is 12.1 Å². The summed E-state index contributed by atoms with van der Waals surface area (Å²) in [6, 6.07) is 4.04. The van der Waals surface area contributed by atoms with E-state index in [0.29, 0.717) is 25.3 Å². The van der Waals surface area contributed by atoms with Crippen molar-refractivity contribution in [3.63, 3.8) is 0 Å². The van der Waals surface area contributed by atoms with Crippen molar-refractivity contribution >= 4 is 11.9 Å². The van der Waals surface area contributed by atoms with E-state index in [1.165, 1.54) is 18.3 Å². The molecule has 0 aliphatic carbocycles. The van der Waals surface area contributed by atoms with Crippen LogP contribution in [0.2, 0.25) is 0 Å². The minimum Gasteiger partial charge on any atom is -0.371 e. The SMILES string of the molecule is Fc1cc(N2CC=NC=C2C(F)(F)F)ccc1[C@@H]1CNCCO1. The molecule has 8 heteroatoms. The van der Waals surface area contributed by atoms with E-state index in [2.05, 4.69) is 10.3 Å². The number of hydrogen-bond donors (Lipinski definition) is 1. The second kappa shape index (κ2) is 6.29. The largest absolute Gasteiger partial charge is 0.432 e. The number of nitrogens with one attached hydrogen (secondary N) is 1. The highest BCUT2D eigenvalue weighted by molar-refractivity contribution is 5.72. The first kappa shape index (κ1) is 15.9. The minimum atomic E-state index is -4.55. The molecule has 2 aliphatic rings. The molecule has 1 fully saturated rings. The van der Waals surface area contributed by atoms with Crippen LogP contribution in [0, 0.1) is 5.82 Å². The molecule has 1 aromatic rings. The quantitative estimate of drug-likeness (QED) is 0.848. The molecule has 1 atom stereocenters. The van der Waals surface area contributed by atoms with E-state index in [4.69, 9.17) is 4.74 Å². The number of benzene rings is 1. The Bertz CT molecular complexity index is 636.